The SMILES string of the molecule is CCCN(CC1CC1)C(=O)C=Cc1ccc(C(=O)OC)cc1. The molecule has 1 aliphatic rings. The Bertz CT molecular complexity index is 544. The van der Waals surface area contributed by atoms with Gasteiger partial charge in [-0.1, -0.05) is 19.1 Å². The molecule has 4 heteroatoms. The lowest BCUT2D eigenvalue weighted by Crippen LogP contribution is -2.32. The summed E-state index contributed by atoms with van der Waals surface area (Å²) in [6.07, 6.45) is 6.86. The van der Waals surface area contributed by atoms with Crippen molar-refractivity contribution >= 4 is 18.0 Å². The van der Waals surface area contributed by atoms with Crippen LogP contribution in [0.25, 0.3) is 6.08 Å². The van der Waals surface area contributed by atoms with Gasteiger partial charge in [-0.25, -0.2) is 4.79 Å². The van der Waals surface area contributed by atoms with Gasteiger partial charge in [-0.3, -0.25) is 4.79 Å². The molecular weight excluding hydrogens is 278 g/mol. The monoisotopic (exact) mass is 301 g/mol. The highest BCUT2D eigenvalue weighted by atomic mass is 16.5. The Morgan fingerprint density at radius 2 is 1.95 bits per heavy atom. The summed E-state index contributed by atoms with van der Waals surface area (Å²) in [5, 5.41) is 0. The van der Waals surface area contributed by atoms with Crippen molar-refractivity contribution in [2.45, 2.75) is 26.2 Å². The number of hydrogen-bond acceptors (Lipinski definition) is 3. The van der Waals surface area contributed by atoms with E-state index in [1.54, 1.807) is 36.4 Å². The van der Waals surface area contributed by atoms with Crippen LogP contribution in [0.3, 0.4) is 0 Å². The molecule has 0 unspecified atom stereocenters. The maximum Gasteiger partial charge on any atom is 0.337 e. The second kappa shape index (κ2) is 7.78. The lowest BCUT2D eigenvalue weighted by molar-refractivity contribution is -0.126. The van der Waals surface area contributed by atoms with E-state index in [2.05, 4.69) is 11.7 Å². The van der Waals surface area contributed by atoms with Crippen LogP contribution in [0.1, 0.15) is 42.1 Å². The summed E-state index contributed by atoms with van der Waals surface area (Å²) in [4.78, 5) is 25.5. The minimum absolute atomic E-state index is 0.0609. The first-order chi connectivity index (χ1) is 10.6. The average molecular weight is 301 g/mol. The molecule has 0 aromatic heterocycles. The number of rotatable bonds is 7. The molecule has 118 valence electrons. The van der Waals surface area contributed by atoms with Gasteiger partial charge in [-0.05, 0) is 49.0 Å². The molecule has 1 aromatic rings. The fourth-order valence-electron chi connectivity index (χ4n) is 2.29. The summed E-state index contributed by atoms with van der Waals surface area (Å²) >= 11 is 0. The van der Waals surface area contributed by atoms with Crippen LogP contribution in [-0.2, 0) is 9.53 Å². The molecule has 1 saturated carbocycles. The van der Waals surface area contributed by atoms with Gasteiger partial charge in [0, 0.05) is 19.2 Å². The number of methoxy groups -OCH3 is 1. The van der Waals surface area contributed by atoms with Crippen LogP contribution in [0.15, 0.2) is 30.3 Å². The first-order valence-electron chi connectivity index (χ1n) is 7.79. The van der Waals surface area contributed by atoms with E-state index in [-0.39, 0.29) is 11.9 Å². The number of amides is 1. The molecular formula is C18H23NO3. The molecule has 2 rings (SSSR count). The lowest BCUT2D eigenvalue weighted by Gasteiger charge is -2.20. The summed E-state index contributed by atoms with van der Waals surface area (Å²) in [5.74, 6) is 0.402. The molecule has 1 aromatic carbocycles. The first-order valence-corrected chi connectivity index (χ1v) is 7.79. The van der Waals surface area contributed by atoms with Crippen molar-refractivity contribution in [1.29, 1.82) is 0 Å². The molecule has 22 heavy (non-hydrogen) atoms. The normalized spacial score (nSPS) is 14.1. The van der Waals surface area contributed by atoms with Gasteiger partial charge in [-0.15, -0.1) is 0 Å². The fraction of sp³-hybridized carbons (Fsp3) is 0.444. The number of ether oxygens (including phenoxy) is 1. The Kier molecular flexibility index (Phi) is 5.75. The zero-order valence-corrected chi connectivity index (χ0v) is 13.2. The molecule has 0 spiro atoms. The van der Waals surface area contributed by atoms with Crippen molar-refractivity contribution in [1.82, 2.24) is 4.90 Å². The number of nitrogens with zero attached hydrogens (tertiary/aromatic N) is 1. The summed E-state index contributed by atoms with van der Waals surface area (Å²) in [6, 6.07) is 7.01. The highest BCUT2D eigenvalue weighted by Gasteiger charge is 2.25. The first kappa shape index (κ1) is 16.3. The third-order valence-electron chi connectivity index (χ3n) is 3.73. The number of carbonyl (C=O) groups excluding carboxylic acids is 2. The van der Waals surface area contributed by atoms with Gasteiger partial charge in [0.25, 0.3) is 0 Å². The molecule has 0 N–H and O–H groups in total. The van der Waals surface area contributed by atoms with Crippen LogP contribution in [0.2, 0.25) is 0 Å². The predicted molar refractivity (Wildman–Crippen MR) is 86.4 cm³/mol. The van der Waals surface area contributed by atoms with E-state index >= 15 is 0 Å². The van der Waals surface area contributed by atoms with Crippen molar-refractivity contribution in [3.8, 4) is 0 Å². The van der Waals surface area contributed by atoms with Gasteiger partial charge in [0.05, 0.1) is 12.7 Å². The molecule has 1 aliphatic carbocycles. The maximum absolute atomic E-state index is 12.3. The van der Waals surface area contributed by atoms with Crippen LogP contribution in [-0.4, -0.2) is 37.0 Å². The summed E-state index contributed by atoms with van der Waals surface area (Å²) < 4.78 is 4.66. The topological polar surface area (TPSA) is 46.6 Å². The van der Waals surface area contributed by atoms with Crippen molar-refractivity contribution in [3.05, 3.63) is 41.5 Å². The number of carbonyl (C=O) groups is 2. The quantitative estimate of drug-likeness (QED) is 0.574. The number of hydrogen-bond donors (Lipinski definition) is 0. The van der Waals surface area contributed by atoms with E-state index < -0.39 is 0 Å². The molecule has 0 radical (unpaired) electrons. The second-order valence-electron chi connectivity index (χ2n) is 5.67. The largest absolute Gasteiger partial charge is 0.465 e. The minimum Gasteiger partial charge on any atom is -0.465 e. The fourth-order valence-corrected chi connectivity index (χ4v) is 2.29. The third-order valence-corrected chi connectivity index (χ3v) is 3.73. The second-order valence-corrected chi connectivity index (χ2v) is 5.67. The Balaban J connectivity index is 1.96. The van der Waals surface area contributed by atoms with Crippen molar-refractivity contribution in [3.63, 3.8) is 0 Å². The van der Waals surface area contributed by atoms with Gasteiger partial charge in [0.15, 0.2) is 0 Å². The molecule has 1 fully saturated rings. The lowest BCUT2D eigenvalue weighted by atomic mass is 10.1. The third kappa shape index (κ3) is 4.72. The molecule has 4 nitrogen and oxygen atoms in total. The Labute approximate surface area is 131 Å². The highest BCUT2D eigenvalue weighted by molar-refractivity contribution is 5.92. The molecule has 1 amide bonds. The van der Waals surface area contributed by atoms with E-state index in [0.717, 1.165) is 25.1 Å². The molecule has 0 saturated heterocycles. The van der Waals surface area contributed by atoms with E-state index in [1.807, 2.05) is 4.90 Å². The minimum atomic E-state index is -0.356. The summed E-state index contributed by atoms with van der Waals surface area (Å²) in [5.41, 5.74) is 1.40. The maximum atomic E-state index is 12.3. The summed E-state index contributed by atoms with van der Waals surface area (Å²) in [6.45, 7) is 3.77. The predicted octanol–water partition coefficient (Wildman–Crippen LogP) is 3.14. The van der Waals surface area contributed by atoms with E-state index in [9.17, 15) is 9.59 Å². The van der Waals surface area contributed by atoms with E-state index in [1.165, 1.54) is 20.0 Å². The molecule has 0 heterocycles. The average Bonchev–Trinajstić information content (AvgIpc) is 3.36. The van der Waals surface area contributed by atoms with E-state index in [4.69, 9.17) is 0 Å². The smallest absolute Gasteiger partial charge is 0.337 e. The van der Waals surface area contributed by atoms with E-state index in [0.29, 0.717) is 11.5 Å². The Morgan fingerprint density at radius 1 is 1.27 bits per heavy atom. The molecule has 0 aliphatic heterocycles. The van der Waals surface area contributed by atoms with Gasteiger partial charge in [-0.2, -0.15) is 0 Å². The van der Waals surface area contributed by atoms with Crippen LogP contribution < -0.4 is 0 Å². The van der Waals surface area contributed by atoms with Gasteiger partial charge in [0.2, 0.25) is 5.91 Å². The molecule has 0 bridgehead atoms. The molecule has 0 atom stereocenters. The standard InChI is InChI=1S/C18H23NO3/c1-3-12-19(13-15-4-5-15)17(20)11-8-14-6-9-16(10-7-14)18(21)22-2/h6-11,15H,3-5,12-13H2,1-2H3. The van der Waals surface area contributed by atoms with Crippen LogP contribution in [0.5, 0.6) is 0 Å². The number of benzene rings is 1. The zero-order valence-electron chi connectivity index (χ0n) is 13.2. The van der Waals surface area contributed by atoms with Gasteiger partial charge >= 0.3 is 5.97 Å². The van der Waals surface area contributed by atoms with Crippen LogP contribution >= 0.6 is 0 Å². The summed E-state index contributed by atoms with van der Waals surface area (Å²) in [7, 11) is 1.36. The van der Waals surface area contributed by atoms with Crippen LogP contribution in [0.4, 0.5) is 0 Å². The van der Waals surface area contributed by atoms with Crippen molar-refractivity contribution < 1.29 is 14.3 Å². The Hall–Kier alpha value is -2.10. The Morgan fingerprint density at radius 3 is 2.50 bits per heavy atom. The van der Waals surface area contributed by atoms with Gasteiger partial charge in [0.1, 0.15) is 0 Å². The van der Waals surface area contributed by atoms with Gasteiger partial charge < -0.3 is 9.64 Å². The highest BCUT2D eigenvalue weighted by Crippen LogP contribution is 2.29. The van der Waals surface area contributed by atoms with Crippen molar-refractivity contribution in [2.75, 3.05) is 20.2 Å². The number of esters is 1. The van der Waals surface area contributed by atoms with Crippen molar-refractivity contribution in [2.24, 2.45) is 5.92 Å². The zero-order chi connectivity index (χ0) is 15.9. The van der Waals surface area contributed by atoms with Crippen LogP contribution in [0, 0.1) is 5.92 Å².